The molecule has 1 aliphatic carbocycles. The van der Waals surface area contributed by atoms with Gasteiger partial charge < -0.3 is 5.11 Å². The Kier molecular flexibility index (Phi) is 4.35. The van der Waals surface area contributed by atoms with Crippen LogP contribution >= 0.6 is 15.9 Å². The summed E-state index contributed by atoms with van der Waals surface area (Å²) in [6.07, 6.45) is 1.41. The van der Waals surface area contributed by atoms with E-state index >= 15 is 0 Å². The molecule has 1 aliphatic rings. The zero-order valence-electron chi connectivity index (χ0n) is 11.0. The van der Waals surface area contributed by atoms with Gasteiger partial charge in [-0.1, -0.05) is 6.07 Å². The Labute approximate surface area is 122 Å². The molecule has 4 nitrogen and oxygen atoms in total. The predicted molar refractivity (Wildman–Crippen MR) is 77.4 cm³/mol. The van der Waals surface area contributed by atoms with Gasteiger partial charge in [0.1, 0.15) is 0 Å². The first kappa shape index (κ1) is 15.0. The van der Waals surface area contributed by atoms with Gasteiger partial charge in [-0.2, -0.15) is 4.31 Å². The highest BCUT2D eigenvalue weighted by atomic mass is 79.9. The maximum Gasteiger partial charge on any atom is 0.244 e. The molecule has 1 atom stereocenters. The van der Waals surface area contributed by atoms with Crippen LogP contribution in [0.5, 0.6) is 0 Å². The number of hydrogen-bond acceptors (Lipinski definition) is 3. The molecule has 1 aromatic carbocycles. The Bertz CT molecular complexity index is 569. The summed E-state index contributed by atoms with van der Waals surface area (Å²) in [7, 11) is -2.06. The minimum absolute atomic E-state index is 0.146. The lowest BCUT2D eigenvalue weighted by atomic mass is 10.2. The number of sulfonamides is 1. The second kappa shape index (κ2) is 5.52. The molecular weight excluding hydrogens is 330 g/mol. The van der Waals surface area contributed by atoms with Crippen molar-refractivity contribution in [2.24, 2.45) is 5.92 Å². The fraction of sp³-hybridized carbons (Fsp3) is 0.538. The summed E-state index contributed by atoms with van der Waals surface area (Å²) in [4.78, 5) is 0.248. The van der Waals surface area contributed by atoms with Crippen molar-refractivity contribution in [1.29, 1.82) is 0 Å². The number of aliphatic hydroxyl groups excluding tert-OH is 1. The third-order valence-corrected chi connectivity index (χ3v) is 6.20. The molecule has 1 N–H and O–H groups in total. The molecule has 0 aromatic heterocycles. The minimum Gasteiger partial charge on any atom is -0.391 e. The number of likely N-dealkylation sites (N-methyl/N-ethyl adjacent to an activating group) is 1. The summed E-state index contributed by atoms with van der Waals surface area (Å²) in [5, 5.41) is 9.88. The lowest BCUT2D eigenvalue weighted by Gasteiger charge is -2.21. The van der Waals surface area contributed by atoms with E-state index in [0.29, 0.717) is 4.47 Å². The standard InChI is InChI=1S/C13H18BrNO3S/c1-9-3-6-11(14)13(7-9)19(17,18)15(2)8-12(16)10-4-5-10/h3,6-7,10,12,16H,4-5,8H2,1-2H3/t12-/m0/s1. The van der Waals surface area contributed by atoms with Gasteiger partial charge in [0.25, 0.3) is 0 Å². The average Bonchev–Trinajstić information content (AvgIpc) is 3.15. The van der Waals surface area contributed by atoms with Gasteiger partial charge in [0.05, 0.1) is 11.0 Å². The first-order valence-corrected chi connectivity index (χ1v) is 8.46. The van der Waals surface area contributed by atoms with E-state index in [4.69, 9.17) is 0 Å². The van der Waals surface area contributed by atoms with E-state index in [1.807, 2.05) is 13.0 Å². The second-order valence-electron chi connectivity index (χ2n) is 5.12. The molecule has 0 radical (unpaired) electrons. The Morgan fingerprint density at radius 1 is 1.47 bits per heavy atom. The van der Waals surface area contributed by atoms with Crippen LogP contribution in [0.15, 0.2) is 27.6 Å². The van der Waals surface area contributed by atoms with Crippen molar-refractivity contribution in [3.63, 3.8) is 0 Å². The van der Waals surface area contributed by atoms with Crippen LogP contribution in [0.1, 0.15) is 18.4 Å². The zero-order chi connectivity index (χ0) is 14.2. The lowest BCUT2D eigenvalue weighted by Crippen LogP contribution is -2.35. The van der Waals surface area contributed by atoms with Crippen molar-refractivity contribution in [3.8, 4) is 0 Å². The number of aryl methyl sites for hydroxylation is 1. The number of benzene rings is 1. The summed E-state index contributed by atoms with van der Waals surface area (Å²) in [5.74, 6) is 0.263. The first-order chi connectivity index (χ1) is 8.82. The molecule has 1 aromatic rings. The van der Waals surface area contributed by atoms with E-state index in [9.17, 15) is 13.5 Å². The molecule has 1 saturated carbocycles. The van der Waals surface area contributed by atoms with Crippen molar-refractivity contribution >= 4 is 26.0 Å². The molecule has 19 heavy (non-hydrogen) atoms. The molecule has 0 spiro atoms. The van der Waals surface area contributed by atoms with Crippen LogP contribution in [0.3, 0.4) is 0 Å². The van der Waals surface area contributed by atoms with Gasteiger partial charge in [-0.05, 0) is 59.3 Å². The number of nitrogens with zero attached hydrogens (tertiary/aromatic N) is 1. The predicted octanol–water partition coefficient (Wildman–Crippen LogP) is 2.15. The largest absolute Gasteiger partial charge is 0.391 e. The normalized spacial score (nSPS) is 17.7. The summed E-state index contributed by atoms with van der Waals surface area (Å²) in [6, 6.07) is 5.22. The van der Waals surface area contributed by atoms with Crippen LogP contribution in [-0.2, 0) is 10.0 Å². The van der Waals surface area contributed by atoms with E-state index < -0.39 is 16.1 Å². The van der Waals surface area contributed by atoms with Crippen LogP contribution in [0, 0.1) is 12.8 Å². The van der Waals surface area contributed by atoms with Crippen LogP contribution in [0.4, 0.5) is 0 Å². The quantitative estimate of drug-likeness (QED) is 0.887. The van der Waals surface area contributed by atoms with E-state index in [2.05, 4.69) is 15.9 Å². The maximum atomic E-state index is 12.5. The monoisotopic (exact) mass is 347 g/mol. The van der Waals surface area contributed by atoms with Gasteiger partial charge in [-0.25, -0.2) is 8.42 Å². The fourth-order valence-electron chi connectivity index (χ4n) is 1.97. The summed E-state index contributed by atoms with van der Waals surface area (Å²) < 4.78 is 26.7. The van der Waals surface area contributed by atoms with E-state index in [1.54, 1.807) is 12.1 Å². The van der Waals surface area contributed by atoms with Crippen LogP contribution < -0.4 is 0 Å². The Morgan fingerprint density at radius 2 is 2.11 bits per heavy atom. The van der Waals surface area contributed by atoms with Gasteiger partial charge in [0.15, 0.2) is 0 Å². The van der Waals surface area contributed by atoms with Crippen molar-refractivity contribution in [2.45, 2.75) is 30.8 Å². The van der Waals surface area contributed by atoms with Crippen molar-refractivity contribution < 1.29 is 13.5 Å². The Balaban J connectivity index is 2.22. The van der Waals surface area contributed by atoms with E-state index in [-0.39, 0.29) is 17.4 Å². The molecule has 0 aliphatic heterocycles. The molecule has 0 amide bonds. The summed E-state index contributed by atoms with van der Waals surface area (Å²) >= 11 is 3.27. The molecule has 0 saturated heterocycles. The van der Waals surface area contributed by atoms with Crippen molar-refractivity contribution in [2.75, 3.05) is 13.6 Å². The topological polar surface area (TPSA) is 57.6 Å². The number of rotatable bonds is 5. The number of halogens is 1. The fourth-order valence-corrected chi connectivity index (χ4v) is 4.16. The van der Waals surface area contributed by atoms with E-state index in [1.165, 1.54) is 11.4 Å². The van der Waals surface area contributed by atoms with Gasteiger partial charge in [-0.15, -0.1) is 0 Å². The maximum absolute atomic E-state index is 12.5. The average molecular weight is 348 g/mol. The zero-order valence-corrected chi connectivity index (χ0v) is 13.4. The van der Waals surface area contributed by atoms with Crippen molar-refractivity contribution in [1.82, 2.24) is 4.31 Å². The third kappa shape index (κ3) is 3.37. The molecule has 106 valence electrons. The third-order valence-electron chi connectivity index (χ3n) is 3.39. The van der Waals surface area contributed by atoms with Gasteiger partial charge in [0.2, 0.25) is 10.0 Å². The molecule has 1 fully saturated rings. The van der Waals surface area contributed by atoms with Gasteiger partial charge >= 0.3 is 0 Å². The van der Waals surface area contributed by atoms with Crippen LogP contribution in [0.25, 0.3) is 0 Å². The SMILES string of the molecule is Cc1ccc(Br)c(S(=O)(=O)N(C)C[C@H](O)C2CC2)c1. The number of hydrogen-bond donors (Lipinski definition) is 1. The minimum atomic E-state index is -3.57. The smallest absolute Gasteiger partial charge is 0.244 e. The molecule has 0 bridgehead atoms. The van der Waals surface area contributed by atoms with Crippen LogP contribution in [-0.4, -0.2) is 37.5 Å². The highest BCUT2D eigenvalue weighted by molar-refractivity contribution is 9.10. The van der Waals surface area contributed by atoms with E-state index in [0.717, 1.165) is 18.4 Å². The lowest BCUT2D eigenvalue weighted by molar-refractivity contribution is 0.131. The number of aliphatic hydroxyl groups is 1. The van der Waals surface area contributed by atoms with Gasteiger partial charge in [0, 0.05) is 18.1 Å². The highest BCUT2D eigenvalue weighted by Gasteiger charge is 2.33. The van der Waals surface area contributed by atoms with Gasteiger partial charge in [-0.3, -0.25) is 0 Å². The molecule has 0 heterocycles. The van der Waals surface area contributed by atoms with Crippen LogP contribution in [0.2, 0.25) is 0 Å². The molecule has 6 heteroatoms. The Hall–Kier alpha value is -0.430. The van der Waals surface area contributed by atoms with Crippen molar-refractivity contribution in [3.05, 3.63) is 28.2 Å². The summed E-state index contributed by atoms with van der Waals surface area (Å²) in [6.45, 7) is 2.00. The first-order valence-electron chi connectivity index (χ1n) is 6.23. The molecule has 2 rings (SSSR count). The summed E-state index contributed by atoms with van der Waals surface area (Å²) in [5.41, 5.74) is 0.887. The second-order valence-corrected chi connectivity index (χ2v) is 7.99. The Morgan fingerprint density at radius 3 is 2.68 bits per heavy atom. The molecular formula is C13H18BrNO3S. The highest BCUT2D eigenvalue weighted by Crippen LogP contribution is 2.33. The molecule has 0 unspecified atom stereocenters.